The molecule has 0 aliphatic heterocycles. The highest BCUT2D eigenvalue weighted by Gasteiger charge is 2.25. The number of nitrogens with one attached hydrogen (secondary N) is 2. The zero-order valence-corrected chi connectivity index (χ0v) is 12.1. The number of H-pyrrole nitrogens is 1. The van der Waals surface area contributed by atoms with Crippen molar-refractivity contribution in [1.82, 2.24) is 9.97 Å². The minimum absolute atomic E-state index is 0.183. The van der Waals surface area contributed by atoms with Crippen LogP contribution in [0.2, 0.25) is 0 Å². The number of benzene rings is 1. The SMILES string of the molecule is CS(=O)(=O)c1cccc(NCCc2cnc[nH]2)c1[N+](=O)[O-]. The van der Waals surface area contributed by atoms with E-state index in [-0.39, 0.29) is 10.6 Å². The number of anilines is 1. The summed E-state index contributed by atoms with van der Waals surface area (Å²) in [4.78, 5) is 17.0. The van der Waals surface area contributed by atoms with Gasteiger partial charge in [-0.25, -0.2) is 13.4 Å². The van der Waals surface area contributed by atoms with E-state index >= 15 is 0 Å². The topological polar surface area (TPSA) is 118 Å². The van der Waals surface area contributed by atoms with Crippen molar-refractivity contribution in [2.45, 2.75) is 11.3 Å². The van der Waals surface area contributed by atoms with Crippen LogP contribution in [0.15, 0.2) is 35.6 Å². The van der Waals surface area contributed by atoms with E-state index in [4.69, 9.17) is 0 Å². The van der Waals surface area contributed by atoms with E-state index in [0.717, 1.165) is 11.9 Å². The van der Waals surface area contributed by atoms with Gasteiger partial charge in [0, 0.05) is 31.1 Å². The summed E-state index contributed by atoms with van der Waals surface area (Å²) in [6.07, 6.45) is 4.73. The average Bonchev–Trinajstić information content (AvgIpc) is 2.90. The van der Waals surface area contributed by atoms with Crippen molar-refractivity contribution in [3.63, 3.8) is 0 Å². The Balaban J connectivity index is 2.24. The van der Waals surface area contributed by atoms with Crippen LogP contribution in [0, 0.1) is 10.1 Å². The third kappa shape index (κ3) is 3.57. The number of imidazole rings is 1. The fourth-order valence-electron chi connectivity index (χ4n) is 1.91. The molecule has 21 heavy (non-hydrogen) atoms. The van der Waals surface area contributed by atoms with Crippen LogP contribution >= 0.6 is 0 Å². The van der Waals surface area contributed by atoms with Crippen molar-refractivity contribution < 1.29 is 13.3 Å². The summed E-state index contributed by atoms with van der Waals surface area (Å²) < 4.78 is 23.3. The molecule has 0 amide bonds. The Hall–Kier alpha value is -2.42. The quantitative estimate of drug-likeness (QED) is 0.614. The summed E-state index contributed by atoms with van der Waals surface area (Å²) in [5, 5.41) is 14.1. The van der Waals surface area contributed by atoms with E-state index in [1.54, 1.807) is 12.5 Å². The lowest BCUT2D eigenvalue weighted by atomic mass is 10.2. The van der Waals surface area contributed by atoms with Crippen LogP contribution in [0.25, 0.3) is 0 Å². The summed E-state index contributed by atoms with van der Waals surface area (Å²) in [5.41, 5.74) is 0.636. The van der Waals surface area contributed by atoms with Crippen LogP contribution in [0.5, 0.6) is 0 Å². The van der Waals surface area contributed by atoms with Gasteiger partial charge in [0.05, 0.1) is 11.3 Å². The highest BCUT2D eigenvalue weighted by molar-refractivity contribution is 7.90. The fraction of sp³-hybridized carbons (Fsp3) is 0.250. The molecule has 0 saturated heterocycles. The monoisotopic (exact) mass is 310 g/mol. The number of sulfone groups is 1. The van der Waals surface area contributed by atoms with Gasteiger partial charge in [-0.3, -0.25) is 10.1 Å². The summed E-state index contributed by atoms with van der Waals surface area (Å²) in [7, 11) is -3.67. The number of hydrogen-bond acceptors (Lipinski definition) is 6. The van der Waals surface area contributed by atoms with Gasteiger partial charge in [-0.2, -0.15) is 0 Å². The van der Waals surface area contributed by atoms with Crippen LogP contribution in [0.4, 0.5) is 11.4 Å². The molecule has 1 aromatic heterocycles. The predicted octanol–water partition coefficient (Wildman–Crippen LogP) is 1.38. The lowest BCUT2D eigenvalue weighted by Crippen LogP contribution is -2.10. The van der Waals surface area contributed by atoms with Gasteiger partial charge in [-0.15, -0.1) is 0 Å². The molecule has 0 bridgehead atoms. The standard InChI is InChI=1S/C12H14N4O4S/c1-21(19,20)11-4-2-3-10(12(11)16(17)18)14-6-5-9-7-13-8-15-9/h2-4,7-8,14H,5-6H2,1H3,(H,13,15). The smallest absolute Gasteiger partial charge is 0.310 e. The molecule has 0 radical (unpaired) electrons. The number of aromatic nitrogens is 2. The number of para-hydroxylation sites is 1. The average molecular weight is 310 g/mol. The molecule has 2 rings (SSSR count). The fourth-order valence-corrected chi connectivity index (χ4v) is 2.77. The van der Waals surface area contributed by atoms with Crippen LogP contribution < -0.4 is 5.32 Å². The molecule has 2 N–H and O–H groups in total. The molecule has 0 aliphatic carbocycles. The molecule has 0 saturated carbocycles. The molecule has 0 fully saturated rings. The van der Waals surface area contributed by atoms with Gasteiger partial charge in [0.2, 0.25) is 0 Å². The van der Waals surface area contributed by atoms with Crippen molar-refractivity contribution in [1.29, 1.82) is 0 Å². The summed E-state index contributed by atoms with van der Waals surface area (Å²) in [6, 6.07) is 4.19. The van der Waals surface area contributed by atoms with Gasteiger partial charge < -0.3 is 10.3 Å². The molecule has 0 spiro atoms. The Morgan fingerprint density at radius 1 is 1.43 bits per heavy atom. The van der Waals surface area contributed by atoms with Crippen LogP contribution in [-0.2, 0) is 16.3 Å². The van der Waals surface area contributed by atoms with E-state index in [1.165, 1.54) is 18.2 Å². The van der Waals surface area contributed by atoms with Crippen molar-refractivity contribution in [2.75, 3.05) is 18.1 Å². The number of nitrogens with zero attached hydrogens (tertiary/aromatic N) is 2. The van der Waals surface area contributed by atoms with E-state index < -0.39 is 20.4 Å². The maximum Gasteiger partial charge on any atom is 0.310 e. The first-order valence-electron chi connectivity index (χ1n) is 6.08. The number of nitro groups is 1. The molecular formula is C12H14N4O4S. The first-order valence-corrected chi connectivity index (χ1v) is 7.97. The number of rotatable bonds is 6. The van der Waals surface area contributed by atoms with E-state index in [1.807, 2.05) is 0 Å². The molecule has 0 atom stereocenters. The summed E-state index contributed by atoms with van der Waals surface area (Å²) in [6.45, 7) is 0.413. The molecule has 1 heterocycles. The van der Waals surface area contributed by atoms with Crippen molar-refractivity contribution >= 4 is 21.2 Å². The highest BCUT2D eigenvalue weighted by atomic mass is 32.2. The molecule has 112 valence electrons. The van der Waals surface area contributed by atoms with Gasteiger partial charge in [-0.05, 0) is 12.1 Å². The molecule has 0 unspecified atom stereocenters. The Bertz CT molecular complexity index is 741. The first-order chi connectivity index (χ1) is 9.89. The Labute approximate surface area is 121 Å². The Morgan fingerprint density at radius 3 is 2.76 bits per heavy atom. The molecule has 9 heteroatoms. The highest BCUT2D eigenvalue weighted by Crippen LogP contribution is 2.31. The van der Waals surface area contributed by atoms with Gasteiger partial charge in [0.1, 0.15) is 10.6 Å². The van der Waals surface area contributed by atoms with Crippen molar-refractivity contribution in [2.24, 2.45) is 0 Å². The third-order valence-electron chi connectivity index (χ3n) is 2.85. The summed E-state index contributed by atoms with van der Waals surface area (Å²) in [5.74, 6) is 0. The van der Waals surface area contributed by atoms with E-state index in [2.05, 4.69) is 15.3 Å². The second-order valence-corrected chi connectivity index (χ2v) is 6.42. The van der Waals surface area contributed by atoms with Gasteiger partial charge in [0.25, 0.3) is 0 Å². The van der Waals surface area contributed by atoms with Gasteiger partial charge in [0.15, 0.2) is 9.84 Å². The number of hydrogen-bond donors (Lipinski definition) is 2. The maximum absolute atomic E-state index is 11.6. The summed E-state index contributed by atoms with van der Waals surface area (Å²) >= 11 is 0. The van der Waals surface area contributed by atoms with Gasteiger partial charge >= 0.3 is 5.69 Å². The Kier molecular flexibility index (Phi) is 4.22. The van der Waals surface area contributed by atoms with Crippen molar-refractivity contribution in [3.8, 4) is 0 Å². The minimum atomic E-state index is -3.67. The molecule has 2 aromatic rings. The second-order valence-electron chi connectivity index (χ2n) is 4.44. The number of aromatic amines is 1. The van der Waals surface area contributed by atoms with Crippen LogP contribution in [0.1, 0.15) is 5.69 Å². The van der Waals surface area contributed by atoms with E-state index in [9.17, 15) is 18.5 Å². The second kappa shape index (κ2) is 5.92. The van der Waals surface area contributed by atoms with Crippen LogP contribution in [-0.4, -0.2) is 36.1 Å². The van der Waals surface area contributed by atoms with E-state index in [0.29, 0.717) is 13.0 Å². The maximum atomic E-state index is 11.6. The van der Waals surface area contributed by atoms with Crippen molar-refractivity contribution in [3.05, 3.63) is 46.5 Å². The normalized spacial score (nSPS) is 11.3. The zero-order chi connectivity index (χ0) is 15.5. The van der Waals surface area contributed by atoms with Gasteiger partial charge in [-0.1, -0.05) is 6.07 Å². The van der Waals surface area contributed by atoms with Crippen LogP contribution in [0.3, 0.4) is 0 Å². The largest absolute Gasteiger partial charge is 0.379 e. The first kappa shape index (κ1) is 15.0. The molecule has 8 nitrogen and oxygen atoms in total. The predicted molar refractivity (Wildman–Crippen MR) is 77.0 cm³/mol. The third-order valence-corrected chi connectivity index (χ3v) is 3.97. The zero-order valence-electron chi connectivity index (χ0n) is 11.2. The molecule has 1 aromatic carbocycles. The minimum Gasteiger partial charge on any atom is -0.379 e. The molecular weight excluding hydrogens is 296 g/mol. The molecule has 0 aliphatic rings. The lowest BCUT2D eigenvalue weighted by Gasteiger charge is -2.09. The lowest BCUT2D eigenvalue weighted by molar-refractivity contribution is -0.386. The Morgan fingerprint density at radius 2 is 2.19 bits per heavy atom. The number of nitro benzene ring substituents is 1.